The maximum atomic E-state index is 12.2. The van der Waals surface area contributed by atoms with Crippen molar-refractivity contribution in [3.05, 3.63) is 76.2 Å². The number of hydrogen-bond donors (Lipinski definition) is 1. The fourth-order valence-electron chi connectivity index (χ4n) is 2.82. The molecule has 8 nitrogen and oxygen atoms in total. The molecule has 3 aromatic rings. The maximum Gasteiger partial charge on any atom is 0.343 e. The molecule has 140 valence electrons. The first kappa shape index (κ1) is 18.7. The van der Waals surface area contributed by atoms with Gasteiger partial charge in [-0.05, 0) is 29.2 Å². The molecule has 0 saturated carbocycles. The molecule has 27 heavy (non-hydrogen) atoms. The highest BCUT2D eigenvalue weighted by molar-refractivity contribution is 7.89. The topological polar surface area (TPSA) is 107 Å². The van der Waals surface area contributed by atoms with Gasteiger partial charge < -0.3 is 10.1 Å². The highest BCUT2D eigenvalue weighted by atomic mass is 32.2. The lowest BCUT2D eigenvalue weighted by Crippen LogP contribution is -2.19. The highest BCUT2D eigenvalue weighted by Gasteiger charge is 2.19. The van der Waals surface area contributed by atoms with Crippen LogP contribution in [0.3, 0.4) is 0 Å². The average Bonchev–Trinajstić information content (AvgIpc) is 3.03. The summed E-state index contributed by atoms with van der Waals surface area (Å²) in [7, 11) is -2.22. The third-order valence-corrected chi connectivity index (χ3v) is 5.74. The lowest BCUT2D eigenvalue weighted by molar-refractivity contribution is -0.392. The van der Waals surface area contributed by atoms with Gasteiger partial charge in [0.25, 0.3) is 0 Å². The normalized spacial score (nSPS) is 11.5. The molecule has 9 heteroatoms. The van der Waals surface area contributed by atoms with E-state index in [9.17, 15) is 18.5 Å². The standard InChI is InChI=1S/C18H18N4O4S/c1-13-20-11-18(22(23)24)21(13)12-14-7-9-15(10-8-14)16-5-3-4-6-17(16)27(25,26)19-2/h3-11,19H,12H2,1-2H3. The first-order valence-corrected chi connectivity index (χ1v) is 9.60. The number of aryl methyl sites for hydroxylation is 1. The molecule has 0 saturated heterocycles. The second kappa shape index (κ2) is 7.29. The van der Waals surface area contributed by atoms with Gasteiger partial charge in [0, 0.05) is 12.5 Å². The third-order valence-electron chi connectivity index (χ3n) is 4.27. The highest BCUT2D eigenvalue weighted by Crippen LogP contribution is 2.27. The lowest BCUT2D eigenvalue weighted by Gasteiger charge is -2.10. The van der Waals surface area contributed by atoms with Crippen LogP contribution in [-0.2, 0) is 16.6 Å². The van der Waals surface area contributed by atoms with E-state index in [1.807, 2.05) is 12.1 Å². The summed E-state index contributed by atoms with van der Waals surface area (Å²) < 4.78 is 28.3. The van der Waals surface area contributed by atoms with E-state index in [0.29, 0.717) is 17.9 Å². The fourth-order valence-corrected chi connectivity index (χ4v) is 3.77. The summed E-state index contributed by atoms with van der Waals surface area (Å²) in [6.07, 6.45) is 1.24. The zero-order valence-electron chi connectivity index (χ0n) is 14.8. The van der Waals surface area contributed by atoms with Crippen LogP contribution in [0.2, 0.25) is 0 Å². The van der Waals surface area contributed by atoms with Gasteiger partial charge in [-0.15, -0.1) is 0 Å². The molecule has 0 radical (unpaired) electrons. The van der Waals surface area contributed by atoms with E-state index in [-0.39, 0.29) is 10.7 Å². The van der Waals surface area contributed by atoms with Crippen LogP contribution in [0, 0.1) is 17.0 Å². The number of hydrogen-bond acceptors (Lipinski definition) is 5. The fraction of sp³-hybridized carbons (Fsp3) is 0.167. The van der Waals surface area contributed by atoms with Gasteiger partial charge in [-0.1, -0.05) is 42.5 Å². The molecule has 2 aromatic carbocycles. The van der Waals surface area contributed by atoms with Crippen molar-refractivity contribution < 1.29 is 13.3 Å². The van der Waals surface area contributed by atoms with Gasteiger partial charge in [-0.2, -0.15) is 0 Å². The van der Waals surface area contributed by atoms with Crippen molar-refractivity contribution >= 4 is 15.8 Å². The predicted molar refractivity (Wildman–Crippen MR) is 101 cm³/mol. The molecule has 0 aliphatic carbocycles. The molecule has 0 unspecified atom stereocenters. The van der Waals surface area contributed by atoms with Crippen LogP contribution in [0.4, 0.5) is 5.82 Å². The van der Waals surface area contributed by atoms with Gasteiger partial charge in [-0.3, -0.25) is 0 Å². The number of nitrogens with one attached hydrogen (secondary N) is 1. The molecule has 0 spiro atoms. The monoisotopic (exact) mass is 386 g/mol. The van der Waals surface area contributed by atoms with Crippen LogP contribution in [-0.4, -0.2) is 29.9 Å². The first-order chi connectivity index (χ1) is 12.8. The minimum absolute atomic E-state index is 0.0676. The van der Waals surface area contributed by atoms with Crippen molar-refractivity contribution in [1.29, 1.82) is 0 Å². The van der Waals surface area contributed by atoms with E-state index in [0.717, 1.165) is 11.1 Å². The molecular formula is C18H18N4O4S. The molecule has 3 rings (SSSR count). The Labute approximate surface area is 156 Å². The van der Waals surface area contributed by atoms with Gasteiger partial charge in [0.2, 0.25) is 10.0 Å². The quantitative estimate of drug-likeness (QED) is 0.518. The van der Waals surface area contributed by atoms with E-state index in [4.69, 9.17) is 0 Å². The van der Waals surface area contributed by atoms with Gasteiger partial charge >= 0.3 is 5.82 Å². The largest absolute Gasteiger partial charge is 0.358 e. The van der Waals surface area contributed by atoms with Crippen molar-refractivity contribution in [2.75, 3.05) is 7.05 Å². The first-order valence-electron chi connectivity index (χ1n) is 8.12. The van der Waals surface area contributed by atoms with E-state index in [1.54, 1.807) is 43.3 Å². The Hall–Kier alpha value is -3.04. The second-order valence-electron chi connectivity index (χ2n) is 5.91. The van der Waals surface area contributed by atoms with Gasteiger partial charge in [0.1, 0.15) is 12.7 Å². The molecule has 0 aliphatic heterocycles. The molecule has 0 bridgehead atoms. The Kier molecular flexibility index (Phi) is 5.06. The summed E-state index contributed by atoms with van der Waals surface area (Å²) in [6, 6.07) is 14.0. The lowest BCUT2D eigenvalue weighted by atomic mass is 10.0. The number of rotatable bonds is 6. The number of nitro groups is 1. The van der Waals surface area contributed by atoms with Crippen LogP contribution >= 0.6 is 0 Å². The number of benzene rings is 2. The average molecular weight is 386 g/mol. The third kappa shape index (κ3) is 3.74. The minimum Gasteiger partial charge on any atom is -0.358 e. The van der Waals surface area contributed by atoms with E-state index >= 15 is 0 Å². The Balaban J connectivity index is 1.94. The summed E-state index contributed by atoms with van der Waals surface area (Å²) in [5.41, 5.74) is 2.17. The summed E-state index contributed by atoms with van der Waals surface area (Å²) in [6.45, 7) is 2.01. The molecule has 0 amide bonds. The molecule has 0 atom stereocenters. The van der Waals surface area contributed by atoms with Crippen molar-refractivity contribution in [3.8, 4) is 11.1 Å². The summed E-state index contributed by atoms with van der Waals surface area (Å²) >= 11 is 0. The van der Waals surface area contributed by atoms with Crippen molar-refractivity contribution in [2.45, 2.75) is 18.4 Å². The molecule has 1 aromatic heterocycles. The maximum absolute atomic E-state index is 12.2. The zero-order chi connectivity index (χ0) is 19.6. The number of imidazole rings is 1. The number of nitrogens with zero attached hydrogens (tertiary/aromatic N) is 3. The molecule has 0 fully saturated rings. The second-order valence-corrected chi connectivity index (χ2v) is 7.76. The minimum atomic E-state index is -3.59. The van der Waals surface area contributed by atoms with Crippen LogP contribution in [0.15, 0.2) is 59.6 Å². The summed E-state index contributed by atoms with van der Waals surface area (Å²) in [5.74, 6) is 0.485. The number of aromatic nitrogens is 2. The van der Waals surface area contributed by atoms with Gasteiger partial charge in [0.05, 0.1) is 4.90 Å². The van der Waals surface area contributed by atoms with Crippen molar-refractivity contribution in [1.82, 2.24) is 14.3 Å². The number of sulfonamides is 1. The summed E-state index contributed by atoms with van der Waals surface area (Å²) in [4.78, 5) is 14.8. The van der Waals surface area contributed by atoms with Gasteiger partial charge in [0.15, 0.2) is 5.82 Å². The SMILES string of the molecule is CNS(=O)(=O)c1ccccc1-c1ccc(Cn2c([N+](=O)[O-])cnc2C)cc1. The predicted octanol–water partition coefficient (Wildman–Crippen LogP) is 2.72. The molecule has 1 heterocycles. The Bertz CT molecular complexity index is 1090. The van der Waals surface area contributed by atoms with Gasteiger partial charge in [-0.25, -0.2) is 22.7 Å². The molecule has 0 aliphatic rings. The van der Waals surface area contributed by atoms with Crippen LogP contribution in [0.1, 0.15) is 11.4 Å². The van der Waals surface area contributed by atoms with Crippen molar-refractivity contribution in [2.24, 2.45) is 0 Å². The van der Waals surface area contributed by atoms with Crippen LogP contribution in [0.5, 0.6) is 0 Å². The summed E-state index contributed by atoms with van der Waals surface area (Å²) in [5, 5.41) is 11.1. The van der Waals surface area contributed by atoms with E-state index < -0.39 is 14.9 Å². The Morgan fingerprint density at radius 3 is 2.44 bits per heavy atom. The van der Waals surface area contributed by atoms with Crippen molar-refractivity contribution in [3.63, 3.8) is 0 Å². The zero-order valence-corrected chi connectivity index (χ0v) is 15.6. The Morgan fingerprint density at radius 1 is 1.15 bits per heavy atom. The van der Waals surface area contributed by atoms with E-state index in [1.165, 1.54) is 17.8 Å². The molecular weight excluding hydrogens is 368 g/mol. The van der Waals surface area contributed by atoms with Crippen LogP contribution < -0.4 is 4.72 Å². The van der Waals surface area contributed by atoms with Crippen LogP contribution in [0.25, 0.3) is 11.1 Å². The smallest absolute Gasteiger partial charge is 0.343 e. The molecule has 1 N–H and O–H groups in total. The Morgan fingerprint density at radius 2 is 1.81 bits per heavy atom. The van der Waals surface area contributed by atoms with E-state index in [2.05, 4.69) is 9.71 Å².